The molecule has 110 valence electrons. The number of carbonyl (C=O) groups excluding carboxylic acids is 1. The van der Waals surface area contributed by atoms with E-state index in [1.807, 2.05) is 30.3 Å². The molecule has 1 unspecified atom stereocenters. The molecule has 6 heteroatoms. The molecule has 1 saturated heterocycles. The summed E-state index contributed by atoms with van der Waals surface area (Å²) in [5.74, 6) is -0.0726. The Bertz CT molecular complexity index is 557. The maximum atomic E-state index is 11.8. The van der Waals surface area contributed by atoms with Gasteiger partial charge in [0.15, 0.2) is 0 Å². The van der Waals surface area contributed by atoms with Crippen LogP contribution in [0, 0.1) is 0 Å². The molecular weight excluding hydrogens is 276 g/mol. The summed E-state index contributed by atoms with van der Waals surface area (Å²) in [5.41, 5.74) is 0.955. The van der Waals surface area contributed by atoms with Crippen LogP contribution in [0.15, 0.2) is 30.3 Å². The number of carbonyl (C=O) groups is 1. The smallest absolute Gasteiger partial charge is 0.224 e. The highest BCUT2D eigenvalue weighted by atomic mass is 32.2. The highest BCUT2D eigenvalue weighted by molar-refractivity contribution is 7.88. The summed E-state index contributed by atoms with van der Waals surface area (Å²) in [4.78, 5) is 11.8. The van der Waals surface area contributed by atoms with Crippen LogP contribution in [-0.2, 0) is 21.2 Å². The van der Waals surface area contributed by atoms with E-state index in [9.17, 15) is 13.2 Å². The summed E-state index contributed by atoms with van der Waals surface area (Å²) in [7, 11) is -3.18. The lowest BCUT2D eigenvalue weighted by atomic mass is 10.1. The molecule has 1 aromatic rings. The van der Waals surface area contributed by atoms with E-state index in [1.54, 1.807) is 0 Å². The van der Waals surface area contributed by atoms with Crippen LogP contribution in [0.25, 0.3) is 0 Å². The third-order valence-corrected chi connectivity index (χ3v) is 4.82. The quantitative estimate of drug-likeness (QED) is 0.873. The first-order chi connectivity index (χ1) is 9.47. The van der Waals surface area contributed by atoms with Crippen LogP contribution in [-0.4, -0.2) is 44.0 Å². The minimum absolute atomic E-state index is 0.0726. The van der Waals surface area contributed by atoms with E-state index in [2.05, 4.69) is 5.32 Å². The number of amides is 1. The van der Waals surface area contributed by atoms with Crippen LogP contribution in [0.1, 0.15) is 18.4 Å². The van der Waals surface area contributed by atoms with Crippen LogP contribution in [0.2, 0.25) is 0 Å². The second kappa shape index (κ2) is 6.37. The van der Waals surface area contributed by atoms with Crippen molar-refractivity contribution in [2.75, 3.05) is 19.3 Å². The number of hydrogen-bond acceptors (Lipinski definition) is 3. The molecule has 1 aliphatic heterocycles. The molecule has 1 fully saturated rings. The van der Waals surface area contributed by atoms with Gasteiger partial charge >= 0.3 is 0 Å². The van der Waals surface area contributed by atoms with Crippen molar-refractivity contribution >= 4 is 15.9 Å². The Morgan fingerprint density at radius 3 is 2.70 bits per heavy atom. The standard InChI is InChI=1S/C14H20N2O3S/c1-20(18,19)16-9-5-8-13(16)11-15-14(17)10-12-6-3-2-4-7-12/h2-4,6-7,13H,5,8-11H2,1H3,(H,15,17). The molecule has 0 aliphatic carbocycles. The second-order valence-electron chi connectivity index (χ2n) is 5.14. The van der Waals surface area contributed by atoms with E-state index < -0.39 is 10.0 Å². The largest absolute Gasteiger partial charge is 0.354 e. The number of sulfonamides is 1. The Morgan fingerprint density at radius 1 is 1.35 bits per heavy atom. The van der Waals surface area contributed by atoms with Crippen molar-refractivity contribution in [2.45, 2.75) is 25.3 Å². The molecule has 0 bridgehead atoms. The average Bonchev–Trinajstić information content (AvgIpc) is 2.86. The first-order valence-electron chi connectivity index (χ1n) is 6.74. The normalized spacial score (nSPS) is 19.9. The van der Waals surface area contributed by atoms with Crippen LogP contribution in [0.3, 0.4) is 0 Å². The van der Waals surface area contributed by atoms with Gasteiger partial charge in [-0.05, 0) is 18.4 Å². The number of nitrogens with one attached hydrogen (secondary N) is 1. The molecule has 0 aromatic heterocycles. The predicted octanol–water partition coefficient (Wildman–Crippen LogP) is 0.769. The zero-order valence-electron chi connectivity index (χ0n) is 11.6. The lowest BCUT2D eigenvalue weighted by Crippen LogP contribution is -2.43. The molecule has 1 aliphatic rings. The van der Waals surface area contributed by atoms with Gasteiger partial charge < -0.3 is 5.32 Å². The molecule has 0 spiro atoms. The minimum atomic E-state index is -3.18. The number of hydrogen-bond donors (Lipinski definition) is 1. The predicted molar refractivity (Wildman–Crippen MR) is 77.7 cm³/mol. The summed E-state index contributed by atoms with van der Waals surface area (Å²) in [6.45, 7) is 0.941. The van der Waals surface area contributed by atoms with E-state index in [0.29, 0.717) is 19.5 Å². The van der Waals surface area contributed by atoms with Gasteiger partial charge in [-0.2, -0.15) is 4.31 Å². The SMILES string of the molecule is CS(=O)(=O)N1CCCC1CNC(=O)Cc1ccccc1. The lowest BCUT2D eigenvalue weighted by Gasteiger charge is -2.22. The summed E-state index contributed by atoms with van der Waals surface area (Å²) >= 11 is 0. The molecular formula is C14H20N2O3S. The molecule has 0 saturated carbocycles. The molecule has 5 nitrogen and oxygen atoms in total. The first-order valence-corrected chi connectivity index (χ1v) is 8.59. The van der Waals surface area contributed by atoms with Crippen molar-refractivity contribution in [1.29, 1.82) is 0 Å². The summed E-state index contributed by atoms with van der Waals surface area (Å²) in [6, 6.07) is 9.39. The summed E-state index contributed by atoms with van der Waals surface area (Å²) < 4.78 is 24.7. The van der Waals surface area contributed by atoms with Gasteiger partial charge in [-0.15, -0.1) is 0 Å². The third kappa shape index (κ3) is 4.05. The Kier molecular flexibility index (Phi) is 4.77. The lowest BCUT2D eigenvalue weighted by molar-refractivity contribution is -0.120. The van der Waals surface area contributed by atoms with Crippen molar-refractivity contribution < 1.29 is 13.2 Å². The Balaban J connectivity index is 1.84. The molecule has 2 rings (SSSR count). The van der Waals surface area contributed by atoms with Crippen LogP contribution >= 0.6 is 0 Å². The molecule has 20 heavy (non-hydrogen) atoms. The maximum absolute atomic E-state index is 11.8. The van der Waals surface area contributed by atoms with Crippen molar-refractivity contribution in [3.05, 3.63) is 35.9 Å². The van der Waals surface area contributed by atoms with Crippen molar-refractivity contribution in [1.82, 2.24) is 9.62 Å². The number of rotatable bonds is 5. The van der Waals surface area contributed by atoms with Gasteiger partial charge in [-0.25, -0.2) is 8.42 Å². The van der Waals surface area contributed by atoms with Gasteiger partial charge in [0.2, 0.25) is 15.9 Å². The van der Waals surface area contributed by atoms with Gasteiger partial charge in [0.1, 0.15) is 0 Å². The van der Waals surface area contributed by atoms with Crippen LogP contribution in [0.5, 0.6) is 0 Å². The van der Waals surface area contributed by atoms with Crippen molar-refractivity contribution in [2.24, 2.45) is 0 Å². The Hall–Kier alpha value is -1.40. The topological polar surface area (TPSA) is 66.5 Å². The molecule has 1 amide bonds. The highest BCUT2D eigenvalue weighted by Crippen LogP contribution is 2.19. The third-order valence-electron chi connectivity index (χ3n) is 3.49. The number of benzene rings is 1. The monoisotopic (exact) mass is 296 g/mol. The Morgan fingerprint density at radius 2 is 2.05 bits per heavy atom. The van der Waals surface area contributed by atoms with E-state index in [1.165, 1.54) is 10.6 Å². The van der Waals surface area contributed by atoms with Gasteiger partial charge in [0.25, 0.3) is 0 Å². The average molecular weight is 296 g/mol. The first kappa shape index (κ1) is 15.0. The summed E-state index contributed by atoms with van der Waals surface area (Å²) in [6.07, 6.45) is 3.20. The molecule has 1 heterocycles. The van der Waals surface area contributed by atoms with Crippen LogP contribution < -0.4 is 5.32 Å². The van der Waals surface area contributed by atoms with Crippen molar-refractivity contribution in [3.63, 3.8) is 0 Å². The zero-order valence-corrected chi connectivity index (χ0v) is 12.4. The summed E-state index contributed by atoms with van der Waals surface area (Å²) in [5, 5.41) is 2.83. The minimum Gasteiger partial charge on any atom is -0.354 e. The molecule has 1 N–H and O–H groups in total. The van der Waals surface area contributed by atoms with E-state index >= 15 is 0 Å². The van der Waals surface area contributed by atoms with E-state index in [-0.39, 0.29) is 11.9 Å². The van der Waals surface area contributed by atoms with Gasteiger partial charge in [-0.1, -0.05) is 30.3 Å². The molecule has 0 radical (unpaired) electrons. The van der Waals surface area contributed by atoms with E-state index in [4.69, 9.17) is 0 Å². The number of nitrogens with zero attached hydrogens (tertiary/aromatic N) is 1. The second-order valence-corrected chi connectivity index (χ2v) is 7.07. The fourth-order valence-corrected chi connectivity index (χ4v) is 3.71. The van der Waals surface area contributed by atoms with Gasteiger partial charge in [0, 0.05) is 19.1 Å². The zero-order chi connectivity index (χ0) is 14.6. The fraction of sp³-hybridized carbons (Fsp3) is 0.500. The maximum Gasteiger partial charge on any atom is 0.224 e. The Labute approximate surface area is 120 Å². The van der Waals surface area contributed by atoms with Gasteiger partial charge in [-0.3, -0.25) is 4.79 Å². The molecule has 1 aromatic carbocycles. The molecule has 1 atom stereocenters. The van der Waals surface area contributed by atoms with Crippen LogP contribution in [0.4, 0.5) is 0 Å². The van der Waals surface area contributed by atoms with Crippen molar-refractivity contribution in [3.8, 4) is 0 Å². The fourth-order valence-electron chi connectivity index (χ4n) is 2.53. The van der Waals surface area contributed by atoms with Gasteiger partial charge in [0.05, 0.1) is 12.7 Å². The highest BCUT2D eigenvalue weighted by Gasteiger charge is 2.31. The van der Waals surface area contributed by atoms with E-state index in [0.717, 1.165) is 18.4 Å².